The van der Waals surface area contributed by atoms with E-state index in [-0.39, 0.29) is 6.03 Å². The first-order chi connectivity index (χ1) is 15.6. The molecule has 2 aliphatic heterocycles. The summed E-state index contributed by atoms with van der Waals surface area (Å²) in [4.78, 5) is 27.0. The maximum atomic E-state index is 11.9. The maximum Gasteiger partial charge on any atom is 0.321 e. The summed E-state index contributed by atoms with van der Waals surface area (Å²) in [5.74, 6) is 0. The average Bonchev–Trinajstić information content (AvgIpc) is 2.82. The van der Waals surface area contributed by atoms with Crippen LogP contribution in [0.2, 0.25) is 0 Å². The van der Waals surface area contributed by atoms with Gasteiger partial charge in [-0.25, -0.2) is 9.59 Å². The lowest BCUT2D eigenvalue weighted by Crippen LogP contribution is -2.38. The quantitative estimate of drug-likeness (QED) is 0.316. The monoisotopic (exact) mass is 564 g/mol. The number of nitrogens with zero attached hydrogens (tertiary/aromatic N) is 2. The topological polar surface area (TPSA) is 73.8 Å². The molecular formula is C24H30Br2N4O2. The molecule has 2 N–H and O–H groups in total. The van der Waals surface area contributed by atoms with Crippen molar-refractivity contribution in [2.24, 2.45) is 4.99 Å². The van der Waals surface area contributed by atoms with Gasteiger partial charge >= 0.3 is 6.03 Å². The predicted molar refractivity (Wildman–Crippen MR) is 137 cm³/mol. The Morgan fingerprint density at radius 2 is 1.53 bits per heavy atom. The number of rotatable bonds is 2. The molecule has 2 saturated heterocycles. The van der Waals surface area contributed by atoms with Crippen LogP contribution in [0.1, 0.15) is 38.5 Å². The van der Waals surface area contributed by atoms with Crippen LogP contribution >= 0.6 is 31.9 Å². The molecule has 2 fully saturated rings. The van der Waals surface area contributed by atoms with Gasteiger partial charge in [-0.2, -0.15) is 4.99 Å². The molecule has 2 aliphatic rings. The summed E-state index contributed by atoms with van der Waals surface area (Å²) in [7, 11) is 0. The highest BCUT2D eigenvalue weighted by Gasteiger charge is 2.16. The van der Waals surface area contributed by atoms with Gasteiger partial charge in [-0.15, -0.1) is 0 Å². The second kappa shape index (κ2) is 15.8. The molecule has 6 nitrogen and oxygen atoms in total. The minimum Gasteiger partial charge on any atom is -0.325 e. The predicted octanol–water partition coefficient (Wildman–Crippen LogP) is 6.64. The van der Waals surface area contributed by atoms with Gasteiger partial charge in [0.1, 0.15) is 0 Å². The Labute approximate surface area is 207 Å². The fourth-order valence-electron chi connectivity index (χ4n) is 3.27. The highest BCUT2D eigenvalue weighted by atomic mass is 79.9. The molecule has 0 spiro atoms. The standard InChI is InChI=1S/C12H15BrN2O.C7H4BrNO.C5H11N/c13-10-5-4-6-11(9-10)14-12(16)15-7-2-1-3-8-15;8-6-2-1-3-7(4-6)9-5-10;1-2-4-6-5-3-1/h4-6,9H,1-3,7-8H2,(H,14,16);1-4H;6H,1-5H2. The second-order valence-electron chi connectivity index (χ2n) is 7.48. The average molecular weight is 566 g/mol. The Balaban J connectivity index is 0.000000192. The van der Waals surface area contributed by atoms with Gasteiger partial charge in [0.05, 0.1) is 5.69 Å². The lowest BCUT2D eigenvalue weighted by atomic mass is 10.1. The first kappa shape index (κ1) is 26.3. The number of halogens is 2. The molecule has 0 aliphatic carbocycles. The van der Waals surface area contributed by atoms with Crippen molar-refractivity contribution in [3.8, 4) is 0 Å². The summed E-state index contributed by atoms with van der Waals surface area (Å²) >= 11 is 6.63. The van der Waals surface area contributed by atoms with E-state index >= 15 is 0 Å². The van der Waals surface area contributed by atoms with Gasteiger partial charge in [0.15, 0.2) is 0 Å². The zero-order valence-corrected chi connectivity index (χ0v) is 21.3. The summed E-state index contributed by atoms with van der Waals surface area (Å²) in [5.41, 5.74) is 1.45. The molecule has 0 saturated carbocycles. The number of hydrogen-bond acceptors (Lipinski definition) is 4. The van der Waals surface area contributed by atoms with Crippen molar-refractivity contribution in [3.05, 3.63) is 57.5 Å². The van der Waals surface area contributed by atoms with Crippen LogP contribution in [0, 0.1) is 0 Å². The van der Waals surface area contributed by atoms with E-state index in [1.165, 1.54) is 44.9 Å². The Morgan fingerprint density at radius 1 is 0.906 bits per heavy atom. The Morgan fingerprint density at radius 3 is 2.06 bits per heavy atom. The number of piperidine rings is 2. The number of aliphatic imine (C=N–C) groups is 1. The van der Waals surface area contributed by atoms with E-state index in [0.717, 1.165) is 40.6 Å². The third-order valence-corrected chi connectivity index (χ3v) is 5.90. The molecule has 8 heteroatoms. The van der Waals surface area contributed by atoms with Crippen LogP contribution in [-0.2, 0) is 4.79 Å². The molecule has 32 heavy (non-hydrogen) atoms. The van der Waals surface area contributed by atoms with Gasteiger partial charge in [0.25, 0.3) is 0 Å². The summed E-state index contributed by atoms with van der Waals surface area (Å²) in [6.07, 6.45) is 9.15. The maximum absolute atomic E-state index is 11.9. The largest absolute Gasteiger partial charge is 0.325 e. The summed E-state index contributed by atoms with van der Waals surface area (Å²) in [6.45, 7) is 4.25. The molecule has 0 atom stereocenters. The fraction of sp³-hybridized carbons (Fsp3) is 0.417. The normalized spacial score (nSPS) is 15.1. The lowest BCUT2D eigenvalue weighted by Gasteiger charge is -2.26. The van der Waals surface area contributed by atoms with Crippen LogP contribution in [0.15, 0.2) is 62.5 Å². The Bertz CT molecular complexity index is 866. The van der Waals surface area contributed by atoms with Gasteiger partial charge < -0.3 is 15.5 Å². The third-order valence-electron chi connectivity index (χ3n) is 4.91. The van der Waals surface area contributed by atoms with Gasteiger partial charge in [-0.3, -0.25) is 0 Å². The minimum absolute atomic E-state index is 0.0119. The van der Waals surface area contributed by atoms with Crippen LogP contribution < -0.4 is 10.6 Å². The van der Waals surface area contributed by atoms with Crippen LogP contribution in [-0.4, -0.2) is 43.2 Å². The van der Waals surface area contributed by atoms with Crippen molar-refractivity contribution >= 4 is 55.3 Å². The Hall–Kier alpha value is -1.99. The van der Waals surface area contributed by atoms with Crippen molar-refractivity contribution in [2.75, 3.05) is 31.5 Å². The van der Waals surface area contributed by atoms with E-state index < -0.39 is 0 Å². The number of urea groups is 1. The van der Waals surface area contributed by atoms with Gasteiger partial charge in [-0.05, 0) is 81.6 Å². The smallest absolute Gasteiger partial charge is 0.321 e. The first-order valence-corrected chi connectivity index (χ1v) is 12.5. The number of carbonyl (C=O) groups is 1. The molecule has 2 aromatic carbocycles. The van der Waals surface area contributed by atoms with Crippen LogP contribution in [0.25, 0.3) is 0 Å². The van der Waals surface area contributed by atoms with E-state index in [1.807, 2.05) is 35.2 Å². The van der Waals surface area contributed by atoms with E-state index in [2.05, 4.69) is 47.5 Å². The van der Waals surface area contributed by atoms with E-state index in [9.17, 15) is 9.59 Å². The molecule has 4 rings (SSSR count). The summed E-state index contributed by atoms with van der Waals surface area (Å²) < 4.78 is 1.88. The van der Waals surface area contributed by atoms with Crippen molar-refractivity contribution < 1.29 is 9.59 Å². The van der Waals surface area contributed by atoms with Gasteiger partial charge in [0.2, 0.25) is 6.08 Å². The number of amides is 2. The molecule has 2 aromatic rings. The zero-order valence-electron chi connectivity index (χ0n) is 18.2. The first-order valence-electron chi connectivity index (χ1n) is 10.9. The third kappa shape index (κ3) is 11.0. The second-order valence-corrected chi connectivity index (χ2v) is 9.31. The molecule has 2 amide bonds. The highest BCUT2D eigenvalue weighted by molar-refractivity contribution is 9.10. The van der Waals surface area contributed by atoms with E-state index in [0.29, 0.717) is 5.69 Å². The van der Waals surface area contributed by atoms with Crippen LogP contribution in [0.3, 0.4) is 0 Å². The molecule has 172 valence electrons. The summed E-state index contributed by atoms with van der Waals surface area (Å²) in [5, 5.41) is 6.19. The lowest BCUT2D eigenvalue weighted by molar-refractivity contribution is 0.200. The van der Waals surface area contributed by atoms with Crippen molar-refractivity contribution in [3.63, 3.8) is 0 Å². The SMILES string of the molecule is C1CCNCC1.O=C(Nc1cccc(Br)c1)N1CCCCC1.O=C=Nc1cccc(Br)c1. The summed E-state index contributed by atoms with van der Waals surface area (Å²) in [6, 6.07) is 14.8. The number of hydrogen-bond donors (Lipinski definition) is 2. The zero-order chi connectivity index (χ0) is 23.0. The Kier molecular flexibility index (Phi) is 12.9. The molecule has 0 aromatic heterocycles. The van der Waals surface area contributed by atoms with Crippen molar-refractivity contribution in [1.82, 2.24) is 10.2 Å². The van der Waals surface area contributed by atoms with Crippen molar-refractivity contribution in [2.45, 2.75) is 38.5 Å². The molecule has 0 bridgehead atoms. The molecular weight excluding hydrogens is 536 g/mol. The molecule has 0 radical (unpaired) electrons. The van der Waals surface area contributed by atoms with Gasteiger partial charge in [-0.1, -0.05) is 50.4 Å². The van der Waals surface area contributed by atoms with Gasteiger partial charge in [0, 0.05) is 27.7 Å². The number of likely N-dealkylation sites (tertiary alicyclic amines) is 1. The fourth-order valence-corrected chi connectivity index (χ4v) is 4.05. The number of carbonyl (C=O) groups excluding carboxylic acids is 2. The number of anilines is 1. The van der Waals surface area contributed by atoms with Crippen LogP contribution in [0.5, 0.6) is 0 Å². The number of isocyanates is 1. The number of nitrogens with one attached hydrogen (secondary N) is 2. The van der Waals surface area contributed by atoms with Crippen LogP contribution in [0.4, 0.5) is 16.2 Å². The number of benzene rings is 2. The minimum atomic E-state index is 0.0119. The van der Waals surface area contributed by atoms with E-state index in [1.54, 1.807) is 18.2 Å². The highest BCUT2D eigenvalue weighted by Crippen LogP contribution is 2.18. The van der Waals surface area contributed by atoms with E-state index in [4.69, 9.17) is 0 Å². The van der Waals surface area contributed by atoms with Crippen molar-refractivity contribution in [1.29, 1.82) is 0 Å². The molecule has 0 unspecified atom stereocenters. The molecule has 2 heterocycles.